The zero-order chi connectivity index (χ0) is 13.7. The fourth-order valence-electron chi connectivity index (χ4n) is 1.86. The topological polar surface area (TPSA) is 33.1 Å². The van der Waals surface area contributed by atoms with E-state index in [1.807, 2.05) is 11.6 Å². The Morgan fingerprint density at radius 2 is 2.11 bits per heavy atom. The number of nitrogens with zero attached hydrogens (tertiary/aromatic N) is 3. The summed E-state index contributed by atoms with van der Waals surface area (Å²) in [6, 6.07) is 0.476. The van der Waals surface area contributed by atoms with Crippen LogP contribution in [0.1, 0.15) is 31.7 Å². The van der Waals surface area contributed by atoms with Crippen LogP contribution in [0.4, 0.5) is 0 Å². The third kappa shape index (κ3) is 4.26. The van der Waals surface area contributed by atoms with Crippen LogP contribution in [0.3, 0.4) is 0 Å². The van der Waals surface area contributed by atoms with Crippen molar-refractivity contribution in [1.82, 2.24) is 20.0 Å². The van der Waals surface area contributed by atoms with Crippen molar-refractivity contribution >= 4 is 11.6 Å². The van der Waals surface area contributed by atoms with Crippen LogP contribution in [0.2, 0.25) is 5.02 Å². The molecule has 0 saturated carbocycles. The molecular weight excluding hydrogens is 248 g/mol. The van der Waals surface area contributed by atoms with Crippen LogP contribution in [0.5, 0.6) is 0 Å². The quantitative estimate of drug-likeness (QED) is 0.827. The summed E-state index contributed by atoms with van der Waals surface area (Å²) in [5.74, 6) is 0. The molecule has 1 aromatic rings. The summed E-state index contributed by atoms with van der Waals surface area (Å²) in [5, 5.41) is 8.72. The molecule has 18 heavy (non-hydrogen) atoms. The molecule has 1 atom stereocenters. The molecule has 0 saturated heterocycles. The van der Waals surface area contributed by atoms with Crippen LogP contribution < -0.4 is 5.32 Å². The van der Waals surface area contributed by atoms with Gasteiger partial charge in [-0.1, -0.05) is 11.6 Å². The van der Waals surface area contributed by atoms with Gasteiger partial charge in [0.2, 0.25) is 0 Å². The van der Waals surface area contributed by atoms with E-state index in [9.17, 15) is 0 Å². The molecule has 1 rings (SSSR count). The molecule has 1 unspecified atom stereocenters. The van der Waals surface area contributed by atoms with Gasteiger partial charge in [0.25, 0.3) is 0 Å². The highest BCUT2D eigenvalue weighted by molar-refractivity contribution is 6.31. The van der Waals surface area contributed by atoms with Crippen LogP contribution in [0.15, 0.2) is 0 Å². The smallest absolute Gasteiger partial charge is 0.0860 e. The summed E-state index contributed by atoms with van der Waals surface area (Å²) in [5.41, 5.74) is 2.00. The molecular formula is C13H25ClN4. The number of aromatic nitrogens is 2. The molecule has 0 aliphatic rings. The number of nitrogens with one attached hydrogen (secondary N) is 1. The summed E-state index contributed by atoms with van der Waals surface area (Å²) >= 11 is 6.27. The average molecular weight is 273 g/mol. The van der Waals surface area contributed by atoms with Gasteiger partial charge in [-0.15, -0.1) is 0 Å². The molecule has 0 fully saturated rings. The lowest BCUT2D eigenvalue weighted by Crippen LogP contribution is -2.30. The van der Waals surface area contributed by atoms with Crippen molar-refractivity contribution in [2.45, 2.75) is 46.3 Å². The number of halogens is 1. The third-order valence-corrected chi connectivity index (χ3v) is 3.57. The van der Waals surface area contributed by atoms with E-state index in [2.05, 4.69) is 43.3 Å². The number of rotatable bonds is 7. The van der Waals surface area contributed by atoms with Crippen LogP contribution in [-0.2, 0) is 13.1 Å². The van der Waals surface area contributed by atoms with Gasteiger partial charge >= 0.3 is 0 Å². The number of hydrogen-bond acceptors (Lipinski definition) is 3. The fraction of sp³-hybridized carbons (Fsp3) is 0.769. The van der Waals surface area contributed by atoms with Gasteiger partial charge < -0.3 is 10.2 Å². The van der Waals surface area contributed by atoms with Crippen molar-refractivity contribution in [2.75, 3.05) is 20.6 Å². The van der Waals surface area contributed by atoms with Crippen molar-refractivity contribution in [3.63, 3.8) is 0 Å². The van der Waals surface area contributed by atoms with Crippen molar-refractivity contribution in [1.29, 1.82) is 0 Å². The third-order valence-electron chi connectivity index (χ3n) is 3.08. The minimum absolute atomic E-state index is 0.476. The number of aryl methyl sites for hydroxylation is 2. The molecule has 0 aromatic carbocycles. The van der Waals surface area contributed by atoms with E-state index < -0.39 is 0 Å². The minimum atomic E-state index is 0.476. The van der Waals surface area contributed by atoms with E-state index in [4.69, 9.17) is 11.6 Å². The summed E-state index contributed by atoms with van der Waals surface area (Å²) in [4.78, 5) is 2.20. The van der Waals surface area contributed by atoms with Gasteiger partial charge in [-0.2, -0.15) is 5.10 Å². The summed E-state index contributed by atoms with van der Waals surface area (Å²) in [6.07, 6.45) is 1.13. The summed E-state index contributed by atoms with van der Waals surface area (Å²) in [6.45, 7) is 8.97. The van der Waals surface area contributed by atoms with Crippen molar-refractivity contribution in [3.8, 4) is 0 Å². The van der Waals surface area contributed by atoms with Gasteiger partial charge in [0, 0.05) is 19.1 Å². The standard InChI is InChI=1S/C13H25ClN4/c1-6-18-12(13(14)11(3)16-18)9-15-10(2)7-8-17(4)5/h10,15H,6-9H2,1-5H3. The van der Waals surface area contributed by atoms with Crippen molar-refractivity contribution in [3.05, 3.63) is 16.4 Å². The average Bonchev–Trinajstić information content (AvgIpc) is 2.60. The summed E-state index contributed by atoms with van der Waals surface area (Å²) in [7, 11) is 4.19. The van der Waals surface area contributed by atoms with E-state index in [1.165, 1.54) is 0 Å². The van der Waals surface area contributed by atoms with Gasteiger partial charge in [-0.25, -0.2) is 0 Å². The lowest BCUT2D eigenvalue weighted by atomic mass is 10.2. The molecule has 0 aliphatic heterocycles. The van der Waals surface area contributed by atoms with E-state index in [-0.39, 0.29) is 0 Å². The van der Waals surface area contributed by atoms with Gasteiger partial charge in [0.15, 0.2) is 0 Å². The first kappa shape index (κ1) is 15.5. The molecule has 0 aliphatic carbocycles. The second-order valence-electron chi connectivity index (χ2n) is 5.04. The highest BCUT2D eigenvalue weighted by atomic mass is 35.5. The minimum Gasteiger partial charge on any atom is -0.309 e. The Morgan fingerprint density at radius 3 is 2.67 bits per heavy atom. The fourth-order valence-corrected chi connectivity index (χ4v) is 2.06. The predicted molar refractivity (Wildman–Crippen MR) is 77.1 cm³/mol. The molecule has 1 heterocycles. The van der Waals surface area contributed by atoms with Gasteiger partial charge in [0.05, 0.1) is 16.4 Å². The first-order valence-corrected chi connectivity index (χ1v) is 6.93. The maximum atomic E-state index is 6.27. The Balaban J connectivity index is 2.52. The zero-order valence-electron chi connectivity index (χ0n) is 12.1. The monoisotopic (exact) mass is 272 g/mol. The highest BCUT2D eigenvalue weighted by Gasteiger charge is 2.13. The largest absolute Gasteiger partial charge is 0.309 e. The molecule has 0 amide bonds. The van der Waals surface area contributed by atoms with Crippen LogP contribution >= 0.6 is 11.6 Å². The lowest BCUT2D eigenvalue weighted by Gasteiger charge is -2.17. The molecule has 1 aromatic heterocycles. The van der Waals surface area contributed by atoms with Crippen LogP contribution in [0, 0.1) is 6.92 Å². The molecule has 104 valence electrons. The number of hydrogen-bond donors (Lipinski definition) is 1. The molecule has 5 heteroatoms. The first-order valence-electron chi connectivity index (χ1n) is 6.55. The Kier molecular flexibility index (Phi) is 6.12. The molecule has 1 N–H and O–H groups in total. The predicted octanol–water partition coefficient (Wildman–Crippen LogP) is 2.29. The lowest BCUT2D eigenvalue weighted by molar-refractivity contribution is 0.364. The van der Waals surface area contributed by atoms with Crippen molar-refractivity contribution in [2.24, 2.45) is 0 Å². The Morgan fingerprint density at radius 1 is 1.44 bits per heavy atom. The second kappa shape index (κ2) is 7.12. The Hall–Kier alpha value is -0.580. The van der Waals surface area contributed by atoms with E-state index in [0.29, 0.717) is 6.04 Å². The molecule has 0 spiro atoms. The van der Waals surface area contributed by atoms with Gasteiger partial charge in [-0.05, 0) is 47.8 Å². The van der Waals surface area contributed by atoms with Crippen LogP contribution in [-0.4, -0.2) is 41.4 Å². The van der Waals surface area contributed by atoms with Crippen molar-refractivity contribution < 1.29 is 0 Å². The first-order chi connectivity index (χ1) is 8.45. The Bertz CT molecular complexity index is 373. The Labute approximate surface area is 115 Å². The normalized spacial score (nSPS) is 13.3. The van der Waals surface area contributed by atoms with Crippen LogP contribution in [0.25, 0.3) is 0 Å². The molecule has 0 radical (unpaired) electrons. The van der Waals surface area contributed by atoms with E-state index in [1.54, 1.807) is 0 Å². The summed E-state index contributed by atoms with van der Waals surface area (Å²) < 4.78 is 1.98. The molecule has 0 bridgehead atoms. The van der Waals surface area contributed by atoms with E-state index in [0.717, 1.165) is 42.5 Å². The molecule has 4 nitrogen and oxygen atoms in total. The van der Waals surface area contributed by atoms with E-state index >= 15 is 0 Å². The maximum absolute atomic E-state index is 6.27. The maximum Gasteiger partial charge on any atom is 0.0860 e. The van der Waals surface area contributed by atoms with Gasteiger partial charge in [0.1, 0.15) is 0 Å². The zero-order valence-corrected chi connectivity index (χ0v) is 12.9. The SMILES string of the molecule is CCn1nc(C)c(Cl)c1CNC(C)CCN(C)C. The van der Waals surface area contributed by atoms with Gasteiger partial charge in [-0.3, -0.25) is 4.68 Å². The second-order valence-corrected chi connectivity index (χ2v) is 5.41. The highest BCUT2D eigenvalue weighted by Crippen LogP contribution is 2.20.